The summed E-state index contributed by atoms with van der Waals surface area (Å²) in [5.41, 5.74) is 0. The monoisotopic (exact) mass is 241 g/mol. The molecule has 0 aliphatic rings. The molecule has 0 heterocycles. The molecular formula is C8H10F3NO4. The lowest BCUT2D eigenvalue weighted by Gasteiger charge is -2.14. The van der Waals surface area contributed by atoms with Crippen molar-refractivity contribution in [3.63, 3.8) is 0 Å². The summed E-state index contributed by atoms with van der Waals surface area (Å²) < 4.78 is 35.4. The molecule has 0 saturated carbocycles. The van der Waals surface area contributed by atoms with Crippen molar-refractivity contribution < 1.29 is 32.7 Å². The maximum absolute atomic E-state index is 11.8. The first-order valence-corrected chi connectivity index (χ1v) is 4.24. The van der Waals surface area contributed by atoms with Crippen LogP contribution in [0.25, 0.3) is 0 Å². The van der Waals surface area contributed by atoms with E-state index in [2.05, 4.69) is 0 Å². The number of carbonyl (C=O) groups is 3. The molecule has 8 heteroatoms. The van der Waals surface area contributed by atoms with E-state index in [0.29, 0.717) is 0 Å². The molecule has 0 aromatic heterocycles. The van der Waals surface area contributed by atoms with Gasteiger partial charge < -0.3 is 15.2 Å². The minimum absolute atomic E-state index is 0.213. The minimum Gasteiger partial charge on any atom is -0.480 e. The van der Waals surface area contributed by atoms with Gasteiger partial charge in [0.05, 0.1) is 0 Å². The molecule has 1 atom stereocenters. The van der Waals surface area contributed by atoms with E-state index in [9.17, 15) is 27.6 Å². The van der Waals surface area contributed by atoms with E-state index in [-0.39, 0.29) is 18.6 Å². The van der Waals surface area contributed by atoms with Crippen LogP contribution in [0.5, 0.6) is 0 Å². The Morgan fingerprint density at radius 1 is 1.31 bits per heavy atom. The number of carbonyl (C=O) groups excluding carboxylic acids is 2. The van der Waals surface area contributed by atoms with Gasteiger partial charge in [-0.2, -0.15) is 13.2 Å². The molecule has 0 spiro atoms. The van der Waals surface area contributed by atoms with E-state index in [1.54, 1.807) is 0 Å². The standard InChI is InChI=1S/C8H10F3NO4/c1-4(13)2-3-5(6(14)15)12-7(16)8(9,10)11/h5H,2-3H2,1H3,(H,12,16)(H,14,15). The zero-order chi connectivity index (χ0) is 12.9. The summed E-state index contributed by atoms with van der Waals surface area (Å²) in [6.07, 6.45) is -5.72. The van der Waals surface area contributed by atoms with E-state index < -0.39 is 24.1 Å². The molecule has 0 aliphatic carbocycles. The molecule has 1 amide bonds. The van der Waals surface area contributed by atoms with Crippen molar-refractivity contribution in [2.24, 2.45) is 0 Å². The van der Waals surface area contributed by atoms with Crippen molar-refractivity contribution >= 4 is 17.7 Å². The number of carboxylic acid groups (broad SMARTS) is 1. The first-order valence-electron chi connectivity index (χ1n) is 4.24. The largest absolute Gasteiger partial charge is 0.480 e. The van der Waals surface area contributed by atoms with Crippen LogP contribution in [0.15, 0.2) is 0 Å². The highest BCUT2D eigenvalue weighted by atomic mass is 19.4. The third-order valence-corrected chi connectivity index (χ3v) is 1.65. The zero-order valence-electron chi connectivity index (χ0n) is 8.30. The maximum atomic E-state index is 11.8. The van der Waals surface area contributed by atoms with Gasteiger partial charge in [-0.1, -0.05) is 0 Å². The number of halogens is 3. The van der Waals surface area contributed by atoms with Gasteiger partial charge in [0.15, 0.2) is 0 Å². The highest BCUT2D eigenvalue weighted by Gasteiger charge is 2.40. The van der Waals surface area contributed by atoms with Crippen LogP contribution in [0, 0.1) is 0 Å². The number of rotatable bonds is 5. The predicted molar refractivity (Wildman–Crippen MR) is 45.5 cm³/mol. The van der Waals surface area contributed by atoms with Crippen LogP contribution in [-0.2, 0) is 14.4 Å². The highest BCUT2D eigenvalue weighted by molar-refractivity contribution is 5.87. The van der Waals surface area contributed by atoms with Crippen molar-refractivity contribution in [1.29, 1.82) is 0 Å². The van der Waals surface area contributed by atoms with Gasteiger partial charge in [-0.3, -0.25) is 4.79 Å². The van der Waals surface area contributed by atoms with E-state index in [1.165, 1.54) is 12.2 Å². The third kappa shape index (κ3) is 5.32. The summed E-state index contributed by atoms with van der Waals surface area (Å²) in [4.78, 5) is 31.4. The van der Waals surface area contributed by atoms with E-state index in [0.717, 1.165) is 0 Å². The number of nitrogens with one attached hydrogen (secondary N) is 1. The number of aliphatic carboxylic acids is 1. The number of ketones is 1. The van der Waals surface area contributed by atoms with Crippen molar-refractivity contribution in [2.75, 3.05) is 0 Å². The molecule has 1 unspecified atom stereocenters. The Balaban J connectivity index is 4.41. The van der Waals surface area contributed by atoms with Gasteiger partial charge in [-0.25, -0.2) is 4.79 Å². The molecule has 5 nitrogen and oxygen atoms in total. The van der Waals surface area contributed by atoms with Crippen molar-refractivity contribution in [3.05, 3.63) is 0 Å². The average Bonchev–Trinajstić information content (AvgIpc) is 2.09. The first-order chi connectivity index (χ1) is 7.14. The second-order valence-corrected chi connectivity index (χ2v) is 3.10. The Kier molecular flexibility index (Phi) is 4.93. The predicted octanol–water partition coefficient (Wildman–Crippen LogP) is 0.487. The zero-order valence-corrected chi connectivity index (χ0v) is 8.30. The lowest BCUT2D eigenvalue weighted by Crippen LogP contribution is -2.46. The molecule has 0 aliphatic heterocycles. The van der Waals surface area contributed by atoms with Crippen molar-refractivity contribution in [2.45, 2.75) is 32.0 Å². The fourth-order valence-corrected chi connectivity index (χ4v) is 0.845. The normalized spacial score (nSPS) is 13.0. The van der Waals surface area contributed by atoms with Gasteiger partial charge >= 0.3 is 18.1 Å². The summed E-state index contributed by atoms with van der Waals surface area (Å²) in [5, 5.41) is 9.80. The van der Waals surface area contributed by atoms with Gasteiger partial charge in [0, 0.05) is 6.42 Å². The van der Waals surface area contributed by atoms with Gasteiger partial charge in [-0.15, -0.1) is 0 Å². The fourth-order valence-electron chi connectivity index (χ4n) is 0.845. The van der Waals surface area contributed by atoms with E-state index in [1.807, 2.05) is 0 Å². The SMILES string of the molecule is CC(=O)CCC(NC(=O)C(F)(F)F)C(=O)O. The lowest BCUT2D eigenvalue weighted by molar-refractivity contribution is -0.175. The molecule has 0 radical (unpaired) electrons. The van der Waals surface area contributed by atoms with Gasteiger partial charge in [0.1, 0.15) is 11.8 Å². The molecule has 0 aromatic rings. The van der Waals surface area contributed by atoms with Crippen LogP contribution in [0.2, 0.25) is 0 Å². The van der Waals surface area contributed by atoms with Crippen molar-refractivity contribution in [1.82, 2.24) is 5.32 Å². The Morgan fingerprint density at radius 3 is 2.12 bits per heavy atom. The molecule has 0 aromatic carbocycles. The lowest BCUT2D eigenvalue weighted by atomic mass is 10.1. The molecule has 2 N–H and O–H groups in total. The average molecular weight is 241 g/mol. The Bertz CT molecular complexity index is 300. The van der Waals surface area contributed by atoms with Crippen LogP contribution in [0.3, 0.4) is 0 Å². The smallest absolute Gasteiger partial charge is 0.471 e. The third-order valence-electron chi connectivity index (χ3n) is 1.65. The van der Waals surface area contributed by atoms with Crippen molar-refractivity contribution in [3.8, 4) is 0 Å². The van der Waals surface area contributed by atoms with Gasteiger partial charge in [-0.05, 0) is 13.3 Å². The summed E-state index contributed by atoms with van der Waals surface area (Å²) in [6, 6.07) is -1.71. The first kappa shape index (κ1) is 14.4. The second kappa shape index (κ2) is 5.47. The minimum atomic E-state index is -5.13. The molecule has 0 fully saturated rings. The van der Waals surface area contributed by atoms with Crippen LogP contribution in [0.4, 0.5) is 13.2 Å². The van der Waals surface area contributed by atoms with Gasteiger partial charge in [0.2, 0.25) is 0 Å². The quantitative estimate of drug-likeness (QED) is 0.733. The number of amides is 1. The van der Waals surface area contributed by atoms with Crippen LogP contribution in [0.1, 0.15) is 19.8 Å². The van der Waals surface area contributed by atoms with Crippen LogP contribution >= 0.6 is 0 Å². The fraction of sp³-hybridized carbons (Fsp3) is 0.625. The van der Waals surface area contributed by atoms with Gasteiger partial charge in [0.25, 0.3) is 0 Å². The Morgan fingerprint density at radius 2 is 1.81 bits per heavy atom. The Hall–Kier alpha value is -1.60. The molecule has 0 rings (SSSR count). The molecule has 16 heavy (non-hydrogen) atoms. The number of alkyl halides is 3. The van der Waals surface area contributed by atoms with Crippen LogP contribution < -0.4 is 5.32 Å². The molecule has 92 valence electrons. The number of carboxylic acids is 1. The highest BCUT2D eigenvalue weighted by Crippen LogP contribution is 2.15. The molecule has 0 bridgehead atoms. The number of hydrogen-bond acceptors (Lipinski definition) is 3. The Labute approximate surface area is 88.6 Å². The summed E-state index contributed by atoms with van der Waals surface area (Å²) >= 11 is 0. The number of hydrogen-bond donors (Lipinski definition) is 2. The number of Topliss-reactive ketones (excluding diaryl/α,β-unsaturated/α-hetero) is 1. The van der Waals surface area contributed by atoms with Crippen LogP contribution in [-0.4, -0.2) is 35.0 Å². The summed E-state index contributed by atoms with van der Waals surface area (Å²) in [5.74, 6) is -4.31. The second-order valence-electron chi connectivity index (χ2n) is 3.10. The molecular weight excluding hydrogens is 231 g/mol. The maximum Gasteiger partial charge on any atom is 0.471 e. The van der Waals surface area contributed by atoms with E-state index in [4.69, 9.17) is 5.11 Å². The molecule has 0 saturated heterocycles. The summed E-state index contributed by atoms with van der Waals surface area (Å²) in [7, 11) is 0. The van der Waals surface area contributed by atoms with E-state index >= 15 is 0 Å². The summed E-state index contributed by atoms with van der Waals surface area (Å²) in [6.45, 7) is 1.17. The topological polar surface area (TPSA) is 83.5 Å².